The van der Waals surface area contributed by atoms with Crippen LogP contribution in [-0.4, -0.2) is 42.4 Å². The first kappa shape index (κ1) is 15.7. The quantitative estimate of drug-likeness (QED) is 0.706. The van der Waals surface area contributed by atoms with E-state index in [0.29, 0.717) is 19.5 Å². The lowest BCUT2D eigenvalue weighted by Crippen LogP contribution is -2.38. The Kier molecular flexibility index (Phi) is 7.76. The van der Waals surface area contributed by atoms with Crippen LogP contribution in [0.4, 0.5) is 13.2 Å². The molecule has 0 spiro atoms. The molecule has 5 heteroatoms. The van der Waals surface area contributed by atoms with Gasteiger partial charge in [0.25, 0.3) is 0 Å². The Hall–Kier alpha value is -0.290. The second-order valence-electron chi connectivity index (χ2n) is 4.32. The van der Waals surface area contributed by atoms with Crippen LogP contribution in [0, 0.1) is 5.92 Å². The minimum atomic E-state index is -4.15. The Morgan fingerprint density at radius 3 is 2.38 bits per heavy atom. The summed E-state index contributed by atoms with van der Waals surface area (Å²) >= 11 is 0. The zero-order valence-electron chi connectivity index (χ0n) is 10.1. The van der Waals surface area contributed by atoms with Crippen molar-refractivity contribution < 1.29 is 18.3 Å². The molecule has 0 aromatic heterocycles. The number of aliphatic hydroxyl groups is 1. The molecule has 0 aromatic rings. The van der Waals surface area contributed by atoms with Gasteiger partial charge in [-0.2, -0.15) is 13.2 Å². The number of nitrogens with zero attached hydrogens (tertiary/aromatic N) is 1. The van der Waals surface area contributed by atoms with Crippen LogP contribution in [0.3, 0.4) is 0 Å². The van der Waals surface area contributed by atoms with Crippen molar-refractivity contribution in [3.05, 3.63) is 0 Å². The second-order valence-corrected chi connectivity index (χ2v) is 4.32. The van der Waals surface area contributed by atoms with Crippen molar-refractivity contribution in [2.45, 2.75) is 39.3 Å². The van der Waals surface area contributed by atoms with Crippen LogP contribution in [0.25, 0.3) is 0 Å². The van der Waals surface area contributed by atoms with Crippen molar-refractivity contribution in [1.82, 2.24) is 4.90 Å². The number of alkyl halides is 3. The third-order valence-corrected chi connectivity index (χ3v) is 2.39. The predicted molar refractivity (Wildman–Crippen MR) is 58.3 cm³/mol. The van der Waals surface area contributed by atoms with Crippen LogP contribution in [0.15, 0.2) is 0 Å². The van der Waals surface area contributed by atoms with Crippen molar-refractivity contribution in [3.63, 3.8) is 0 Å². The van der Waals surface area contributed by atoms with Crippen LogP contribution >= 0.6 is 0 Å². The topological polar surface area (TPSA) is 23.5 Å². The summed E-state index contributed by atoms with van der Waals surface area (Å²) in [7, 11) is 0. The first-order valence-corrected chi connectivity index (χ1v) is 5.79. The molecule has 0 radical (unpaired) electrons. The van der Waals surface area contributed by atoms with Crippen LogP contribution in [0.2, 0.25) is 0 Å². The zero-order chi connectivity index (χ0) is 12.6. The lowest BCUT2D eigenvalue weighted by molar-refractivity contribution is -0.147. The maximum atomic E-state index is 12.3. The number of aliphatic hydroxyl groups excluding tert-OH is 1. The van der Waals surface area contributed by atoms with E-state index in [2.05, 4.69) is 0 Å². The third-order valence-electron chi connectivity index (χ3n) is 2.39. The highest BCUT2D eigenvalue weighted by atomic mass is 19.4. The summed E-state index contributed by atoms with van der Waals surface area (Å²) in [6, 6.07) is 0. The fourth-order valence-corrected chi connectivity index (χ4v) is 1.81. The lowest BCUT2D eigenvalue weighted by atomic mass is 10.1. The summed E-state index contributed by atoms with van der Waals surface area (Å²) in [5.74, 6) is 0.269. The summed E-state index contributed by atoms with van der Waals surface area (Å²) in [5.41, 5.74) is 0. The minimum absolute atomic E-state index is 0.0590. The molecule has 0 amide bonds. The molecule has 0 saturated carbocycles. The summed E-state index contributed by atoms with van der Waals surface area (Å²) in [6.07, 6.45) is -1.83. The molecule has 1 N–H and O–H groups in total. The fourth-order valence-electron chi connectivity index (χ4n) is 1.81. The third kappa shape index (κ3) is 8.97. The van der Waals surface area contributed by atoms with Gasteiger partial charge in [-0.15, -0.1) is 0 Å². The Morgan fingerprint density at radius 1 is 1.31 bits per heavy atom. The smallest absolute Gasteiger partial charge is 0.396 e. The maximum Gasteiger partial charge on any atom is 0.401 e. The van der Waals surface area contributed by atoms with Crippen LogP contribution in [0.5, 0.6) is 0 Å². The molecule has 0 heterocycles. The molecule has 0 aliphatic heterocycles. The van der Waals surface area contributed by atoms with Gasteiger partial charge in [0, 0.05) is 19.7 Å². The number of halogens is 3. The molecule has 0 fully saturated rings. The monoisotopic (exact) mass is 241 g/mol. The zero-order valence-corrected chi connectivity index (χ0v) is 10.1. The first-order valence-electron chi connectivity index (χ1n) is 5.79. The largest absolute Gasteiger partial charge is 0.401 e. The molecule has 1 unspecified atom stereocenters. The summed E-state index contributed by atoms with van der Waals surface area (Å²) in [4.78, 5) is 1.39. The van der Waals surface area contributed by atoms with Gasteiger partial charge < -0.3 is 5.11 Å². The molecule has 0 aliphatic rings. The van der Waals surface area contributed by atoms with E-state index < -0.39 is 12.7 Å². The number of rotatable bonds is 8. The van der Waals surface area contributed by atoms with E-state index in [9.17, 15) is 13.2 Å². The van der Waals surface area contributed by atoms with E-state index in [1.54, 1.807) is 0 Å². The molecule has 98 valence electrons. The maximum absolute atomic E-state index is 12.3. The molecule has 1 atom stereocenters. The molecule has 0 aromatic carbocycles. The van der Waals surface area contributed by atoms with Crippen molar-refractivity contribution >= 4 is 0 Å². The van der Waals surface area contributed by atoms with Crippen LogP contribution in [-0.2, 0) is 0 Å². The standard InChI is InChI=1S/C11H22F3NO/c1-3-5-10(2)8-15(6-4-7-16)9-11(12,13)14/h10,16H,3-9H2,1-2H3. The van der Waals surface area contributed by atoms with Gasteiger partial charge in [0.2, 0.25) is 0 Å². The van der Waals surface area contributed by atoms with Gasteiger partial charge in [-0.1, -0.05) is 20.3 Å². The Labute approximate surface area is 95.4 Å². The SMILES string of the molecule is CCCC(C)CN(CCCO)CC(F)(F)F. The Bertz CT molecular complexity index is 173. The fraction of sp³-hybridized carbons (Fsp3) is 1.00. The van der Waals surface area contributed by atoms with E-state index in [0.717, 1.165) is 12.8 Å². The van der Waals surface area contributed by atoms with Gasteiger partial charge in [-0.25, -0.2) is 0 Å². The van der Waals surface area contributed by atoms with E-state index in [1.165, 1.54) is 4.90 Å². The molecular weight excluding hydrogens is 219 g/mol. The molecule has 0 bridgehead atoms. The second kappa shape index (κ2) is 7.90. The van der Waals surface area contributed by atoms with E-state index in [-0.39, 0.29) is 12.5 Å². The molecule has 2 nitrogen and oxygen atoms in total. The summed E-state index contributed by atoms with van der Waals surface area (Å²) in [6.45, 7) is 3.82. The average Bonchev–Trinajstić information content (AvgIpc) is 2.12. The number of hydrogen-bond acceptors (Lipinski definition) is 2. The van der Waals surface area contributed by atoms with E-state index >= 15 is 0 Å². The van der Waals surface area contributed by atoms with Gasteiger partial charge in [-0.05, 0) is 18.8 Å². The highest BCUT2D eigenvalue weighted by Gasteiger charge is 2.30. The van der Waals surface area contributed by atoms with Gasteiger partial charge in [0.1, 0.15) is 0 Å². The van der Waals surface area contributed by atoms with Gasteiger partial charge >= 0.3 is 6.18 Å². The minimum Gasteiger partial charge on any atom is -0.396 e. The molecular formula is C11H22F3NO. The predicted octanol–water partition coefficient (Wildman–Crippen LogP) is 2.67. The first-order chi connectivity index (χ1) is 7.39. The van der Waals surface area contributed by atoms with Crippen LogP contribution < -0.4 is 0 Å². The Balaban J connectivity index is 4.09. The van der Waals surface area contributed by atoms with Crippen molar-refractivity contribution in [1.29, 1.82) is 0 Å². The summed E-state index contributed by atoms with van der Waals surface area (Å²) < 4.78 is 36.8. The van der Waals surface area contributed by atoms with Gasteiger partial charge in [0.15, 0.2) is 0 Å². The molecule has 0 rings (SSSR count). The lowest BCUT2D eigenvalue weighted by Gasteiger charge is -2.26. The highest BCUT2D eigenvalue weighted by molar-refractivity contribution is 4.66. The van der Waals surface area contributed by atoms with Gasteiger partial charge in [0.05, 0.1) is 6.54 Å². The molecule has 0 aliphatic carbocycles. The molecule has 0 saturated heterocycles. The highest BCUT2D eigenvalue weighted by Crippen LogP contribution is 2.18. The molecule has 16 heavy (non-hydrogen) atoms. The Morgan fingerprint density at radius 2 is 1.94 bits per heavy atom. The van der Waals surface area contributed by atoms with Crippen molar-refractivity contribution in [2.75, 3.05) is 26.2 Å². The summed E-state index contributed by atoms with van der Waals surface area (Å²) in [5, 5.41) is 8.64. The van der Waals surface area contributed by atoms with E-state index in [1.807, 2.05) is 13.8 Å². The normalized spacial score (nSPS) is 14.4. The van der Waals surface area contributed by atoms with Crippen molar-refractivity contribution in [3.8, 4) is 0 Å². The number of hydrogen-bond donors (Lipinski definition) is 1. The van der Waals surface area contributed by atoms with Crippen LogP contribution in [0.1, 0.15) is 33.1 Å². The van der Waals surface area contributed by atoms with E-state index in [4.69, 9.17) is 5.11 Å². The van der Waals surface area contributed by atoms with Gasteiger partial charge in [-0.3, -0.25) is 4.90 Å². The van der Waals surface area contributed by atoms with Crippen molar-refractivity contribution in [2.24, 2.45) is 5.92 Å². The average molecular weight is 241 g/mol.